The number of nitrogens with zero attached hydrogens (tertiary/aromatic N) is 3. The first-order valence-electron chi connectivity index (χ1n) is 7.93. The Kier molecular flexibility index (Phi) is 4.58. The van der Waals surface area contributed by atoms with Gasteiger partial charge < -0.3 is 0 Å². The van der Waals surface area contributed by atoms with Crippen LogP contribution in [-0.4, -0.2) is 39.6 Å². The van der Waals surface area contributed by atoms with Gasteiger partial charge in [-0.15, -0.1) is 0 Å². The summed E-state index contributed by atoms with van der Waals surface area (Å²) in [6, 6.07) is 15.4. The molecule has 0 aliphatic carbocycles. The monoisotopic (exact) mass is 415 g/mol. The molecule has 0 radical (unpaired) electrons. The molecule has 1 amide bonds. The standard InChI is InChI=1S/C18H13N3O3S3/c22-17-12-26-18(25)21(17)19-10-13-11-20(16-9-5-4-8-15(13)16)27(23,24)14-6-2-1-3-7-14/h1-11H,12H2/b19-10+. The zero-order chi connectivity index (χ0) is 19.0. The van der Waals surface area contributed by atoms with Crippen LogP contribution in [0.15, 0.2) is 70.8 Å². The molecule has 9 heteroatoms. The number of thioether (sulfide) groups is 1. The smallest absolute Gasteiger partial charge is 0.268 e. The number of rotatable bonds is 4. The summed E-state index contributed by atoms with van der Waals surface area (Å²) in [5, 5.41) is 6.04. The van der Waals surface area contributed by atoms with E-state index in [2.05, 4.69) is 5.10 Å². The molecule has 0 unspecified atom stereocenters. The number of hydrogen-bond acceptors (Lipinski definition) is 6. The van der Waals surface area contributed by atoms with Crippen molar-refractivity contribution in [3.63, 3.8) is 0 Å². The van der Waals surface area contributed by atoms with E-state index >= 15 is 0 Å². The Balaban J connectivity index is 1.83. The highest BCUT2D eigenvalue weighted by atomic mass is 32.2. The molecule has 0 spiro atoms. The number of fused-ring (bicyclic) bond motifs is 1. The molecule has 1 aliphatic heterocycles. The van der Waals surface area contributed by atoms with Crippen molar-refractivity contribution in [2.45, 2.75) is 4.90 Å². The van der Waals surface area contributed by atoms with Crippen molar-refractivity contribution in [1.82, 2.24) is 8.98 Å². The Morgan fingerprint density at radius 2 is 1.78 bits per heavy atom. The number of hydrazone groups is 1. The van der Waals surface area contributed by atoms with Gasteiger partial charge in [0.1, 0.15) is 0 Å². The average molecular weight is 416 g/mol. The number of hydrogen-bond donors (Lipinski definition) is 0. The fourth-order valence-corrected chi connectivity index (χ4v) is 5.13. The lowest BCUT2D eigenvalue weighted by molar-refractivity contribution is -0.123. The van der Waals surface area contributed by atoms with Crippen molar-refractivity contribution >= 4 is 61.3 Å². The van der Waals surface area contributed by atoms with Gasteiger partial charge >= 0.3 is 0 Å². The van der Waals surface area contributed by atoms with Gasteiger partial charge in [-0.25, -0.2) is 12.4 Å². The SMILES string of the molecule is O=C1CSC(=S)N1/N=C/c1cn(S(=O)(=O)c2ccccc2)c2ccccc12. The van der Waals surface area contributed by atoms with Gasteiger partial charge in [0, 0.05) is 17.1 Å². The molecule has 1 aliphatic rings. The van der Waals surface area contributed by atoms with E-state index in [0.29, 0.717) is 20.8 Å². The summed E-state index contributed by atoms with van der Waals surface area (Å²) < 4.78 is 27.7. The van der Waals surface area contributed by atoms with E-state index in [1.165, 1.54) is 28.1 Å². The number of carbonyl (C=O) groups is 1. The maximum absolute atomic E-state index is 13.1. The second-order valence-corrected chi connectivity index (χ2v) is 9.14. The fourth-order valence-electron chi connectivity index (χ4n) is 2.76. The molecule has 3 aromatic rings. The number of carbonyl (C=O) groups excluding carboxylic acids is 1. The Morgan fingerprint density at radius 3 is 2.48 bits per heavy atom. The summed E-state index contributed by atoms with van der Waals surface area (Å²) in [7, 11) is -3.76. The lowest BCUT2D eigenvalue weighted by atomic mass is 10.2. The topological polar surface area (TPSA) is 71.7 Å². The summed E-state index contributed by atoms with van der Waals surface area (Å²) in [5.74, 6) is 0.0715. The number of benzene rings is 2. The highest BCUT2D eigenvalue weighted by Crippen LogP contribution is 2.26. The third kappa shape index (κ3) is 3.18. The van der Waals surface area contributed by atoms with Gasteiger partial charge in [0.15, 0.2) is 4.32 Å². The van der Waals surface area contributed by atoms with E-state index < -0.39 is 10.0 Å². The van der Waals surface area contributed by atoms with Crippen molar-refractivity contribution in [2.24, 2.45) is 5.10 Å². The van der Waals surface area contributed by atoms with Gasteiger partial charge in [0.25, 0.3) is 15.9 Å². The van der Waals surface area contributed by atoms with Gasteiger partial charge in [-0.05, 0) is 18.2 Å². The molecule has 6 nitrogen and oxygen atoms in total. The van der Waals surface area contributed by atoms with E-state index in [1.807, 2.05) is 12.1 Å². The van der Waals surface area contributed by atoms with Crippen molar-refractivity contribution in [3.05, 3.63) is 66.4 Å². The van der Waals surface area contributed by atoms with Gasteiger partial charge in [0.2, 0.25) is 0 Å². The highest BCUT2D eigenvalue weighted by Gasteiger charge is 2.26. The van der Waals surface area contributed by atoms with Crippen LogP contribution < -0.4 is 0 Å². The quantitative estimate of drug-likeness (QED) is 0.484. The third-order valence-corrected chi connectivity index (χ3v) is 7.07. The molecule has 1 saturated heterocycles. The number of amides is 1. The van der Waals surface area contributed by atoms with Gasteiger partial charge in [0.05, 0.1) is 22.4 Å². The van der Waals surface area contributed by atoms with Crippen molar-refractivity contribution < 1.29 is 13.2 Å². The molecule has 1 aromatic heterocycles. The second-order valence-electron chi connectivity index (χ2n) is 5.72. The Morgan fingerprint density at radius 1 is 1.07 bits per heavy atom. The van der Waals surface area contributed by atoms with E-state index in [0.717, 1.165) is 5.01 Å². The summed E-state index contributed by atoms with van der Waals surface area (Å²) in [6.45, 7) is 0. The molecule has 4 rings (SSSR count). The molecule has 1 fully saturated rings. The van der Waals surface area contributed by atoms with Crippen molar-refractivity contribution in [2.75, 3.05) is 5.75 Å². The Labute approximate surface area is 165 Å². The minimum absolute atomic E-state index is 0.193. The minimum atomic E-state index is -3.76. The number of aromatic nitrogens is 1. The first kappa shape index (κ1) is 17.9. The van der Waals surface area contributed by atoms with Crippen LogP contribution in [0.2, 0.25) is 0 Å². The Bertz CT molecular complexity index is 1170. The van der Waals surface area contributed by atoms with Crippen LogP contribution in [0.25, 0.3) is 10.9 Å². The molecule has 0 N–H and O–H groups in total. The number of thiocarbonyl (C=S) groups is 1. The third-order valence-electron chi connectivity index (χ3n) is 4.05. The molecule has 0 bridgehead atoms. The van der Waals surface area contributed by atoms with Crippen LogP contribution >= 0.6 is 24.0 Å². The predicted octanol–water partition coefficient (Wildman–Crippen LogP) is 3.07. The highest BCUT2D eigenvalue weighted by molar-refractivity contribution is 8.23. The van der Waals surface area contributed by atoms with E-state index in [4.69, 9.17) is 12.2 Å². The Hall–Kier alpha value is -2.49. The van der Waals surface area contributed by atoms with Crippen LogP contribution in [0, 0.1) is 0 Å². The molecule has 0 saturated carbocycles. The average Bonchev–Trinajstić information content (AvgIpc) is 3.21. The fraction of sp³-hybridized carbons (Fsp3) is 0.0556. The summed E-state index contributed by atoms with van der Waals surface area (Å²) in [6.07, 6.45) is 2.97. The van der Waals surface area contributed by atoms with Gasteiger partial charge in [-0.2, -0.15) is 10.1 Å². The van der Waals surface area contributed by atoms with E-state index in [1.54, 1.807) is 42.5 Å². The normalized spacial score (nSPS) is 15.3. The second kappa shape index (κ2) is 6.91. The number of para-hydroxylation sites is 1. The molecular weight excluding hydrogens is 402 g/mol. The lowest BCUT2D eigenvalue weighted by Gasteiger charge is -2.07. The van der Waals surface area contributed by atoms with Crippen LogP contribution in [0.3, 0.4) is 0 Å². The van der Waals surface area contributed by atoms with Crippen LogP contribution in [0.4, 0.5) is 0 Å². The maximum Gasteiger partial charge on any atom is 0.268 e. The summed E-state index contributed by atoms with van der Waals surface area (Å²) in [5.41, 5.74) is 1.12. The van der Waals surface area contributed by atoms with Crippen LogP contribution in [-0.2, 0) is 14.8 Å². The van der Waals surface area contributed by atoms with Crippen molar-refractivity contribution in [1.29, 1.82) is 0 Å². The summed E-state index contributed by atoms with van der Waals surface area (Å²) >= 11 is 6.36. The molecule has 0 atom stereocenters. The van der Waals surface area contributed by atoms with Gasteiger partial charge in [-0.1, -0.05) is 60.4 Å². The molecular formula is C18H13N3O3S3. The molecule has 27 heavy (non-hydrogen) atoms. The zero-order valence-electron chi connectivity index (χ0n) is 13.8. The van der Waals surface area contributed by atoms with E-state index in [9.17, 15) is 13.2 Å². The first-order chi connectivity index (χ1) is 13.0. The van der Waals surface area contributed by atoms with Crippen LogP contribution in [0.1, 0.15) is 5.56 Å². The largest absolute Gasteiger partial charge is 0.272 e. The summed E-state index contributed by atoms with van der Waals surface area (Å²) in [4.78, 5) is 12.0. The van der Waals surface area contributed by atoms with Crippen molar-refractivity contribution in [3.8, 4) is 0 Å². The van der Waals surface area contributed by atoms with Gasteiger partial charge in [-0.3, -0.25) is 4.79 Å². The van der Waals surface area contributed by atoms with E-state index in [-0.39, 0.29) is 16.6 Å². The molecule has 2 aromatic carbocycles. The maximum atomic E-state index is 13.1. The predicted molar refractivity (Wildman–Crippen MR) is 110 cm³/mol. The zero-order valence-corrected chi connectivity index (χ0v) is 16.3. The first-order valence-corrected chi connectivity index (χ1v) is 10.8. The lowest BCUT2D eigenvalue weighted by Crippen LogP contribution is -2.22. The van der Waals surface area contributed by atoms with Crippen LogP contribution in [0.5, 0.6) is 0 Å². The molecule has 136 valence electrons. The minimum Gasteiger partial charge on any atom is -0.272 e. The molecule has 2 heterocycles.